The summed E-state index contributed by atoms with van der Waals surface area (Å²) in [6.07, 6.45) is 1.41. The van der Waals surface area contributed by atoms with Crippen molar-refractivity contribution in [3.8, 4) is 0 Å². The average molecular weight is 408 g/mol. The lowest BCUT2D eigenvalue weighted by Gasteiger charge is -2.34. The molecule has 6 heteroatoms. The number of ether oxygens (including phenoxy) is 1. The summed E-state index contributed by atoms with van der Waals surface area (Å²) in [6.45, 7) is 2.97. The van der Waals surface area contributed by atoms with Gasteiger partial charge in [0.15, 0.2) is 0 Å². The van der Waals surface area contributed by atoms with Gasteiger partial charge in [0.05, 0.1) is 32.5 Å². The van der Waals surface area contributed by atoms with Crippen molar-refractivity contribution in [3.63, 3.8) is 0 Å². The van der Waals surface area contributed by atoms with Crippen molar-refractivity contribution in [1.29, 1.82) is 0 Å². The molecule has 4 rings (SSSR count). The van der Waals surface area contributed by atoms with E-state index in [0.717, 1.165) is 16.9 Å². The second-order valence-electron chi connectivity index (χ2n) is 7.46. The summed E-state index contributed by atoms with van der Waals surface area (Å²) >= 11 is 0. The molecule has 1 saturated heterocycles. The second kappa shape index (κ2) is 9.69. The first-order chi connectivity index (χ1) is 14.7. The minimum atomic E-state index is -0.281. The van der Waals surface area contributed by atoms with Crippen molar-refractivity contribution in [2.75, 3.05) is 26.2 Å². The van der Waals surface area contributed by atoms with Gasteiger partial charge in [-0.25, -0.2) is 4.39 Å². The van der Waals surface area contributed by atoms with Crippen LogP contribution in [0.3, 0.4) is 0 Å². The third kappa shape index (κ3) is 5.34. The van der Waals surface area contributed by atoms with Crippen LogP contribution in [0.5, 0.6) is 0 Å². The number of furan rings is 1. The first-order valence-corrected chi connectivity index (χ1v) is 10.1. The molecule has 0 radical (unpaired) electrons. The Bertz CT molecular complexity index is 929. The number of carbonyl (C=O) groups excluding carboxylic acids is 1. The van der Waals surface area contributed by atoms with Crippen molar-refractivity contribution in [3.05, 3.63) is 95.7 Å². The van der Waals surface area contributed by atoms with E-state index >= 15 is 0 Å². The van der Waals surface area contributed by atoms with Gasteiger partial charge in [-0.1, -0.05) is 42.5 Å². The van der Waals surface area contributed by atoms with Gasteiger partial charge in [-0.3, -0.25) is 9.69 Å². The lowest BCUT2D eigenvalue weighted by atomic mass is 10.1. The van der Waals surface area contributed by atoms with E-state index in [1.54, 1.807) is 18.4 Å². The number of benzene rings is 2. The molecule has 1 aliphatic rings. The summed E-state index contributed by atoms with van der Waals surface area (Å²) in [5.41, 5.74) is 2.02. The third-order valence-corrected chi connectivity index (χ3v) is 5.23. The molecule has 1 amide bonds. The molecule has 1 fully saturated rings. The molecule has 1 unspecified atom stereocenters. The van der Waals surface area contributed by atoms with Crippen LogP contribution in [0.2, 0.25) is 0 Å². The summed E-state index contributed by atoms with van der Waals surface area (Å²) < 4.78 is 24.5. The normalized spacial score (nSPS) is 16.7. The number of halogens is 1. The number of carbonyl (C=O) groups is 1. The molecule has 30 heavy (non-hydrogen) atoms. The van der Waals surface area contributed by atoms with Crippen LogP contribution >= 0.6 is 0 Å². The van der Waals surface area contributed by atoms with Crippen molar-refractivity contribution in [1.82, 2.24) is 9.80 Å². The number of morpholine rings is 1. The van der Waals surface area contributed by atoms with E-state index in [4.69, 9.17) is 9.15 Å². The highest BCUT2D eigenvalue weighted by Gasteiger charge is 2.26. The molecular weight excluding hydrogens is 383 g/mol. The Morgan fingerprint density at radius 2 is 1.83 bits per heavy atom. The monoisotopic (exact) mass is 408 g/mol. The van der Waals surface area contributed by atoms with Gasteiger partial charge in [-0.15, -0.1) is 0 Å². The topological polar surface area (TPSA) is 45.9 Å². The van der Waals surface area contributed by atoms with E-state index in [-0.39, 0.29) is 24.4 Å². The molecule has 1 atom stereocenters. The van der Waals surface area contributed by atoms with Crippen LogP contribution in [-0.4, -0.2) is 41.9 Å². The van der Waals surface area contributed by atoms with Crippen molar-refractivity contribution >= 4 is 5.91 Å². The molecule has 1 aliphatic heterocycles. The van der Waals surface area contributed by atoms with E-state index in [1.807, 2.05) is 35.2 Å². The molecule has 3 aromatic rings. The lowest BCUT2D eigenvalue weighted by molar-refractivity contribution is -0.140. The van der Waals surface area contributed by atoms with E-state index in [0.29, 0.717) is 32.8 Å². The molecule has 0 bridgehead atoms. The first kappa shape index (κ1) is 20.3. The summed E-state index contributed by atoms with van der Waals surface area (Å²) in [5.74, 6) is 0.592. The van der Waals surface area contributed by atoms with E-state index < -0.39 is 0 Å². The SMILES string of the molecule is O=C(CN(Cc1ccccc1)Cc1ccco1)N1CCOC(c2ccc(F)cc2)C1. The Kier molecular flexibility index (Phi) is 6.57. The van der Waals surface area contributed by atoms with Crippen molar-refractivity contribution < 1.29 is 18.3 Å². The fourth-order valence-electron chi connectivity index (χ4n) is 3.68. The van der Waals surface area contributed by atoms with Crippen LogP contribution in [0.15, 0.2) is 77.4 Å². The number of amides is 1. The fourth-order valence-corrected chi connectivity index (χ4v) is 3.68. The molecule has 0 N–H and O–H groups in total. The first-order valence-electron chi connectivity index (χ1n) is 10.1. The molecule has 0 aliphatic carbocycles. The Hall–Kier alpha value is -2.96. The average Bonchev–Trinajstić information content (AvgIpc) is 3.28. The Morgan fingerprint density at radius 1 is 1.03 bits per heavy atom. The predicted octanol–water partition coefficient (Wildman–Crippen LogP) is 4.02. The van der Waals surface area contributed by atoms with Gasteiger partial charge < -0.3 is 14.1 Å². The van der Waals surface area contributed by atoms with Gasteiger partial charge in [0.25, 0.3) is 0 Å². The summed E-state index contributed by atoms with van der Waals surface area (Å²) in [7, 11) is 0. The van der Waals surface area contributed by atoms with E-state index in [9.17, 15) is 9.18 Å². The number of nitrogens with zero attached hydrogens (tertiary/aromatic N) is 2. The zero-order chi connectivity index (χ0) is 20.8. The largest absolute Gasteiger partial charge is 0.468 e. The fraction of sp³-hybridized carbons (Fsp3) is 0.292. The Balaban J connectivity index is 1.42. The summed E-state index contributed by atoms with van der Waals surface area (Å²) in [6, 6.07) is 20.1. The van der Waals surface area contributed by atoms with Gasteiger partial charge in [0, 0.05) is 13.1 Å². The molecule has 2 heterocycles. The molecular formula is C24H25FN2O3. The molecule has 1 aromatic heterocycles. The predicted molar refractivity (Wildman–Crippen MR) is 111 cm³/mol. The zero-order valence-corrected chi connectivity index (χ0v) is 16.7. The quantitative estimate of drug-likeness (QED) is 0.592. The number of hydrogen-bond acceptors (Lipinski definition) is 4. The van der Waals surface area contributed by atoms with Gasteiger partial charge in [-0.05, 0) is 35.4 Å². The second-order valence-corrected chi connectivity index (χ2v) is 7.46. The van der Waals surface area contributed by atoms with Gasteiger partial charge in [0.2, 0.25) is 5.91 Å². The Morgan fingerprint density at radius 3 is 2.57 bits per heavy atom. The number of hydrogen-bond donors (Lipinski definition) is 0. The summed E-state index contributed by atoms with van der Waals surface area (Å²) in [4.78, 5) is 17.0. The molecule has 156 valence electrons. The van der Waals surface area contributed by atoms with Crippen LogP contribution in [0.25, 0.3) is 0 Å². The van der Waals surface area contributed by atoms with E-state index in [2.05, 4.69) is 17.0 Å². The lowest BCUT2D eigenvalue weighted by Crippen LogP contribution is -2.46. The van der Waals surface area contributed by atoms with Crippen molar-refractivity contribution in [2.45, 2.75) is 19.2 Å². The van der Waals surface area contributed by atoms with Gasteiger partial charge in [0.1, 0.15) is 17.7 Å². The van der Waals surface area contributed by atoms with Gasteiger partial charge >= 0.3 is 0 Å². The standard InChI is InChI=1S/C24H25FN2O3/c25-21-10-8-20(9-11-21)23-17-27(12-14-30-23)24(28)18-26(16-22-7-4-13-29-22)15-19-5-2-1-3-6-19/h1-11,13,23H,12,14-18H2. The van der Waals surface area contributed by atoms with Crippen molar-refractivity contribution in [2.24, 2.45) is 0 Å². The third-order valence-electron chi connectivity index (χ3n) is 5.23. The van der Waals surface area contributed by atoms with Crippen LogP contribution in [0.1, 0.15) is 23.0 Å². The minimum Gasteiger partial charge on any atom is -0.468 e. The molecule has 2 aromatic carbocycles. The van der Waals surface area contributed by atoms with Gasteiger partial charge in [-0.2, -0.15) is 0 Å². The van der Waals surface area contributed by atoms with Crippen LogP contribution in [0, 0.1) is 5.82 Å². The highest BCUT2D eigenvalue weighted by molar-refractivity contribution is 5.78. The van der Waals surface area contributed by atoms with Crippen LogP contribution in [0.4, 0.5) is 4.39 Å². The van der Waals surface area contributed by atoms with Crippen LogP contribution < -0.4 is 0 Å². The molecule has 0 saturated carbocycles. The maximum Gasteiger partial charge on any atom is 0.236 e. The summed E-state index contributed by atoms with van der Waals surface area (Å²) in [5, 5.41) is 0. The van der Waals surface area contributed by atoms with E-state index in [1.165, 1.54) is 12.1 Å². The minimum absolute atomic E-state index is 0.0490. The molecule has 0 spiro atoms. The highest BCUT2D eigenvalue weighted by atomic mass is 19.1. The highest BCUT2D eigenvalue weighted by Crippen LogP contribution is 2.23. The number of rotatable bonds is 7. The van der Waals surface area contributed by atoms with Crippen LogP contribution in [-0.2, 0) is 22.6 Å². The Labute approximate surface area is 175 Å². The molecule has 5 nitrogen and oxygen atoms in total. The smallest absolute Gasteiger partial charge is 0.236 e. The maximum atomic E-state index is 13.2. The maximum absolute atomic E-state index is 13.2. The zero-order valence-electron chi connectivity index (χ0n) is 16.7.